The van der Waals surface area contributed by atoms with Gasteiger partial charge in [-0.05, 0) is 24.8 Å². The number of hydrogen-bond acceptors (Lipinski definition) is 0. The highest BCUT2D eigenvalue weighted by Gasteiger charge is 2.25. The van der Waals surface area contributed by atoms with E-state index in [1.165, 1.54) is 56.9 Å². The van der Waals surface area contributed by atoms with Crippen LogP contribution in [-0.4, -0.2) is 4.98 Å². The van der Waals surface area contributed by atoms with E-state index >= 15 is 0 Å². The summed E-state index contributed by atoms with van der Waals surface area (Å²) in [6, 6.07) is 11.6. The lowest BCUT2D eigenvalue weighted by Crippen LogP contribution is -2.42. The van der Waals surface area contributed by atoms with Crippen molar-refractivity contribution in [3.8, 4) is 0 Å². The molecule has 0 saturated heterocycles. The maximum Gasteiger partial charge on any atom is 0.241 e. The molecule has 0 aliphatic carbocycles. The van der Waals surface area contributed by atoms with Crippen molar-refractivity contribution in [3.63, 3.8) is 0 Å². The topological polar surface area (TPSA) is 19.7 Å². The first-order valence-corrected chi connectivity index (χ1v) is 9.42. The van der Waals surface area contributed by atoms with Crippen LogP contribution in [0.25, 0.3) is 0 Å². The van der Waals surface area contributed by atoms with Crippen molar-refractivity contribution in [2.75, 3.05) is 0 Å². The molecule has 2 rings (SSSR count). The molecule has 0 aliphatic rings. The quantitative estimate of drug-likeness (QED) is 0.419. The Morgan fingerprint density at radius 1 is 1.00 bits per heavy atom. The highest BCUT2D eigenvalue weighted by Crippen LogP contribution is 2.26. The standard InChI is InChI=1S/C21H32N2/c1-3-5-6-7-11-14-20(17-19-12-9-8-10-13-19)21(4-2)23-16-15-22-18-23/h8-10,12-13,15-16,18,20-21H,3-7,11,14,17H2,1-2H3/p+1. The molecule has 1 N–H and O–H groups in total. The molecular formula is C21H33N2+. The van der Waals surface area contributed by atoms with Gasteiger partial charge >= 0.3 is 0 Å². The predicted octanol–water partition coefficient (Wildman–Crippen LogP) is 5.47. The summed E-state index contributed by atoms with van der Waals surface area (Å²) in [7, 11) is 0. The van der Waals surface area contributed by atoms with E-state index in [0.29, 0.717) is 12.0 Å². The van der Waals surface area contributed by atoms with Gasteiger partial charge in [0.05, 0.1) is 0 Å². The fourth-order valence-electron chi connectivity index (χ4n) is 3.65. The van der Waals surface area contributed by atoms with E-state index in [9.17, 15) is 0 Å². The summed E-state index contributed by atoms with van der Waals surface area (Å²) >= 11 is 0. The summed E-state index contributed by atoms with van der Waals surface area (Å²) in [5, 5.41) is 0. The zero-order valence-electron chi connectivity index (χ0n) is 14.9. The van der Waals surface area contributed by atoms with E-state index < -0.39 is 0 Å². The lowest BCUT2D eigenvalue weighted by molar-refractivity contribution is -0.729. The van der Waals surface area contributed by atoms with E-state index in [2.05, 4.69) is 66.3 Å². The molecule has 0 amide bonds. The summed E-state index contributed by atoms with van der Waals surface area (Å²) in [6.07, 6.45) is 16.9. The van der Waals surface area contributed by atoms with Crippen LogP contribution in [0.4, 0.5) is 0 Å². The van der Waals surface area contributed by atoms with Gasteiger partial charge in [0.1, 0.15) is 18.4 Å². The fourth-order valence-corrected chi connectivity index (χ4v) is 3.65. The monoisotopic (exact) mass is 313 g/mol. The fraction of sp³-hybridized carbons (Fsp3) is 0.571. The Kier molecular flexibility index (Phi) is 7.92. The van der Waals surface area contributed by atoms with Crippen LogP contribution in [0.1, 0.15) is 70.4 Å². The van der Waals surface area contributed by atoms with Crippen molar-refractivity contribution in [2.45, 2.75) is 71.3 Å². The van der Waals surface area contributed by atoms with Gasteiger partial charge in [0.25, 0.3) is 0 Å². The zero-order chi connectivity index (χ0) is 16.3. The van der Waals surface area contributed by atoms with Gasteiger partial charge in [0, 0.05) is 5.92 Å². The molecule has 2 heteroatoms. The Labute approximate surface area is 142 Å². The molecular weight excluding hydrogens is 280 g/mol. The molecule has 0 spiro atoms. The third-order valence-electron chi connectivity index (χ3n) is 4.93. The summed E-state index contributed by atoms with van der Waals surface area (Å²) in [5.74, 6) is 0.713. The minimum Gasteiger partial charge on any atom is -0.250 e. The van der Waals surface area contributed by atoms with Crippen LogP contribution in [0, 0.1) is 5.92 Å². The molecule has 1 heterocycles. The highest BCUT2D eigenvalue weighted by molar-refractivity contribution is 5.15. The minimum absolute atomic E-state index is 0.590. The molecule has 2 nitrogen and oxygen atoms in total. The van der Waals surface area contributed by atoms with Crippen molar-refractivity contribution in [3.05, 3.63) is 54.6 Å². The summed E-state index contributed by atoms with van der Waals surface area (Å²) in [6.45, 7) is 4.60. The predicted molar refractivity (Wildman–Crippen MR) is 97.3 cm³/mol. The average molecular weight is 314 g/mol. The van der Waals surface area contributed by atoms with Gasteiger partial charge in [-0.1, -0.05) is 76.3 Å². The van der Waals surface area contributed by atoms with Gasteiger partial charge in [-0.15, -0.1) is 0 Å². The number of benzene rings is 1. The van der Waals surface area contributed by atoms with Crippen molar-refractivity contribution < 1.29 is 4.57 Å². The second-order valence-corrected chi connectivity index (χ2v) is 6.69. The molecule has 0 aliphatic heterocycles. The number of H-pyrrole nitrogens is 1. The zero-order valence-corrected chi connectivity index (χ0v) is 14.9. The van der Waals surface area contributed by atoms with Gasteiger partial charge in [-0.25, -0.2) is 4.57 Å². The Bertz CT molecular complexity index is 504. The number of imidazole rings is 1. The third kappa shape index (κ3) is 5.85. The molecule has 2 atom stereocenters. The van der Waals surface area contributed by atoms with Gasteiger partial charge in [0.2, 0.25) is 6.33 Å². The Hall–Kier alpha value is -1.57. The number of hydrogen-bond donors (Lipinski definition) is 1. The third-order valence-corrected chi connectivity index (χ3v) is 4.93. The Balaban J connectivity index is 2.00. The largest absolute Gasteiger partial charge is 0.250 e. The van der Waals surface area contributed by atoms with Gasteiger partial charge < -0.3 is 0 Å². The first-order valence-electron chi connectivity index (χ1n) is 9.42. The number of nitrogens with one attached hydrogen (secondary N) is 1. The van der Waals surface area contributed by atoms with Crippen LogP contribution in [0.3, 0.4) is 0 Å². The van der Waals surface area contributed by atoms with Crippen molar-refractivity contribution in [1.82, 2.24) is 4.98 Å². The number of nitrogens with zero attached hydrogens (tertiary/aromatic N) is 1. The molecule has 2 aromatic rings. The van der Waals surface area contributed by atoms with E-state index in [4.69, 9.17) is 0 Å². The number of rotatable bonds is 11. The maximum atomic E-state index is 3.21. The number of unbranched alkanes of at least 4 members (excludes halogenated alkanes) is 4. The number of aromatic nitrogens is 2. The van der Waals surface area contributed by atoms with E-state index in [1.807, 2.05) is 6.20 Å². The lowest BCUT2D eigenvalue weighted by Gasteiger charge is -2.24. The molecule has 23 heavy (non-hydrogen) atoms. The normalized spacial score (nSPS) is 13.8. The molecule has 0 radical (unpaired) electrons. The molecule has 0 fully saturated rings. The van der Waals surface area contributed by atoms with Gasteiger partial charge in [0.15, 0.2) is 0 Å². The first kappa shape index (κ1) is 17.8. The van der Waals surface area contributed by atoms with Crippen molar-refractivity contribution in [2.24, 2.45) is 5.92 Å². The highest BCUT2D eigenvalue weighted by atomic mass is 15.1. The average Bonchev–Trinajstić information content (AvgIpc) is 3.10. The van der Waals surface area contributed by atoms with E-state index in [1.54, 1.807) is 0 Å². The van der Waals surface area contributed by atoms with Crippen LogP contribution in [0.5, 0.6) is 0 Å². The summed E-state index contributed by atoms with van der Waals surface area (Å²) < 4.78 is 2.37. The van der Waals surface area contributed by atoms with Crippen molar-refractivity contribution >= 4 is 0 Å². The summed E-state index contributed by atoms with van der Waals surface area (Å²) in [4.78, 5) is 3.21. The van der Waals surface area contributed by atoms with Crippen LogP contribution in [-0.2, 0) is 6.42 Å². The Morgan fingerprint density at radius 3 is 2.43 bits per heavy atom. The van der Waals surface area contributed by atoms with Gasteiger partial charge in [-0.2, -0.15) is 0 Å². The second kappa shape index (κ2) is 10.3. The molecule has 1 aromatic carbocycles. The number of aromatic amines is 1. The van der Waals surface area contributed by atoms with Crippen LogP contribution >= 0.6 is 0 Å². The molecule has 0 bridgehead atoms. The van der Waals surface area contributed by atoms with Crippen molar-refractivity contribution in [1.29, 1.82) is 0 Å². The minimum atomic E-state index is 0.590. The lowest BCUT2D eigenvalue weighted by atomic mass is 9.86. The van der Waals surface area contributed by atoms with E-state index in [-0.39, 0.29) is 0 Å². The second-order valence-electron chi connectivity index (χ2n) is 6.69. The van der Waals surface area contributed by atoms with Crippen LogP contribution in [0.15, 0.2) is 49.1 Å². The van der Waals surface area contributed by atoms with Crippen LogP contribution < -0.4 is 4.57 Å². The molecule has 126 valence electrons. The van der Waals surface area contributed by atoms with Gasteiger partial charge in [-0.3, -0.25) is 4.98 Å². The molecule has 2 unspecified atom stereocenters. The molecule has 1 aromatic heterocycles. The Morgan fingerprint density at radius 2 is 1.78 bits per heavy atom. The van der Waals surface area contributed by atoms with E-state index in [0.717, 1.165) is 0 Å². The molecule has 0 saturated carbocycles. The maximum absolute atomic E-state index is 3.21. The summed E-state index contributed by atoms with van der Waals surface area (Å²) in [5.41, 5.74) is 1.47. The first-order chi connectivity index (χ1) is 11.3. The smallest absolute Gasteiger partial charge is 0.241 e. The SMILES string of the molecule is CCCCCCCC(Cc1ccccc1)C(CC)[n+]1cc[nH]c1. The van der Waals surface area contributed by atoms with Crippen LogP contribution in [0.2, 0.25) is 0 Å².